The zero-order valence-corrected chi connectivity index (χ0v) is 7.14. The third-order valence-electron chi connectivity index (χ3n) is 2.21. The Labute approximate surface area is 72.5 Å². The average molecular weight is 160 g/mol. The lowest BCUT2D eigenvalue weighted by atomic mass is 10.1. The van der Waals surface area contributed by atoms with Crippen LogP contribution in [0.5, 0.6) is 0 Å². The fourth-order valence-electron chi connectivity index (χ4n) is 1.53. The second kappa shape index (κ2) is 3.07. The molecule has 1 aromatic heterocycles. The van der Waals surface area contributed by atoms with Gasteiger partial charge >= 0.3 is 0 Å². The Morgan fingerprint density at radius 3 is 3.08 bits per heavy atom. The summed E-state index contributed by atoms with van der Waals surface area (Å²) in [6.07, 6.45) is 8.15. The van der Waals surface area contributed by atoms with Crippen molar-refractivity contribution in [3.05, 3.63) is 42.2 Å². The van der Waals surface area contributed by atoms with E-state index in [-0.39, 0.29) is 0 Å². The summed E-state index contributed by atoms with van der Waals surface area (Å²) in [7, 11) is 2.12. The summed E-state index contributed by atoms with van der Waals surface area (Å²) >= 11 is 0. The van der Waals surface area contributed by atoms with E-state index in [1.807, 2.05) is 18.5 Å². The van der Waals surface area contributed by atoms with Crippen LogP contribution in [0.1, 0.15) is 11.6 Å². The zero-order valence-electron chi connectivity index (χ0n) is 7.14. The van der Waals surface area contributed by atoms with Crippen molar-refractivity contribution in [2.45, 2.75) is 6.04 Å². The van der Waals surface area contributed by atoms with Crippen LogP contribution in [-0.4, -0.2) is 23.5 Å². The number of aromatic nitrogens is 1. The molecule has 0 unspecified atom stereocenters. The minimum Gasteiger partial charge on any atom is -0.292 e. The second-order valence-corrected chi connectivity index (χ2v) is 3.10. The highest BCUT2D eigenvalue weighted by molar-refractivity contribution is 5.22. The molecule has 1 aliphatic heterocycles. The first-order valence-corrected chi connectivity index (χ1v) is 4.15. The maximum absolute atomic E-state index is 4.10. The number of rotatable bonds is 1. The van der Waals surface area contributed by atoms with Crippen molar-refractivity contribution in [2.75, 3.05) is 13.6 Å². The third kappa shape index (κ3) is 1.25. The number of nitrogens with zero attached hydrogens (tertiary/aromatic N) is 2. The third-order valence-corrected chi connectivity index (χ3v) is 2.21. The van der Waals surface area contributed by atoms with Crippen molar-refractivity contribution in [3.63, 3.8) is 0 Å². The summed E-state index contributed by atoms with van der Waals surface area (Å²) in [6.45, 7) is 1.04. The first kappa shape index (κ1) is 7.50. The van der Waals surface area contributed by atoms with E-state index in [0.717, 1.165) is 6.54 Å². The Hall–Kier alpha value is -1.15. The molecule has 2 rings (SSSR count). The molecule has 1 aliphatic rings. The van der Waals surface area contributed by atoms with Gasteiger partial charge in [0.1, 0.15) is 0 Å². The van der Waals surface area contributed by atoms with E-state index >= 15 is 0 Å². The molecular weight excluding hydrogens is 148 g/mol. The van der Waals surface area contributed by atoms with Crippen molar-refractivity contribution >= 4 is 0 Å². The standard InChI is InChI=1S/C10H12N2/c1-12-7-3-5-10(12)9-4-2-6-11-8-9/h2-6,8,10H,7H2,1H3/t10-/m0/s1. The predicted molar refractivity (Wildman–Crippen MR) is 48.7 cm³/mol. The average Bonchev–Trinajstić information content (AvgIpc) is 2.53. The zero-order chi connectivity index (χ0) is 8.39. The van der Waals surface area contributed by atoms with Crippen molar-refractivity contribution in [3.8, 4) is 0 Å². The maximum Gasteiger partial charge on any atom is 0.0547 e. The lowest BCUT2D eigenvalue weighted by Gasteiger charge is -2.18. The Bertz CT molecular complexity index is 279. The summed E-state index contributed by atoms with van der Waals surface area (Å²) in [6, 6.07) is 4.53. The van der Waals surface area contributed by atoms with E-state index in [9.17, 15) is 0 Å². The van der Waals surface area contributed by atoms with Gasteiger partial charge in [-0.25, -0.2) is 0 Å². The van der Waals surface area contributed by atoms with Crippen LogP contribution >= 0.6 is 0 Å². The Kier molecular flexibility index (Phi) is 1.92. The fourth-order valence-corrected chi connectivity index (χ4v) is 1.53. The molecule has 0 bridgehead atoms. The van der Waals surface area contributed by atoms with Gasteiger partial charge in [0.15, 0.2) is 0 Å². The van der Waals surface area contributed by atoms with Crippen LogP contribution in [0.25, 0.3) is 0 Å². The summed E-state index contributed by atoms with van der Waals surface area (Å²) in [4.78, 5) is 6.39. The Morgan fingerprint density at radius 1 is 1.58 bits per heavy atom. The molecule has 12 heavy (non-hydrogen) atoms. The van der Waals surface area contributed by atoms with Crippen LogP contribution in [0.15, 0.2) is 36.7 Å². The van der Waals surface area contributed by atoms with Crippen LogP contribution in [0.4, 0.5) is 0 Å². The molecule has 0 amide bonds. The van der Waals surface area contributed by atoms with Gasteiger partial charge in [0.05, 0.1) is 6.04 Å². The van der Waals surface area contributed by atoms with Crippen molar-refractivity contribution in [1.82, 2.24) is 9.88 Å². The van der Waals surface area contributed by atoms with Crippen LogP contribution in [0.2, 0.25) is 0 Å². The molecule has 2 nitrogen and oxygen atoms in total. The molecule has 2 heteroatoms. The molecule has 0 saturated carbocycles. The van der Waals surface area contributed by atoms with E-state index in [1.54, 1.807) is 0 Å². The number of hydrogen-bond donors (Lipinski definition) is 0. The molecule has 0 fully saturated rings. The van der Waals surface area contributed by atoms with Gasteiger partial charge in [-0.1, -0.05) is 18.2 Å². The number of pyridine rings is 1. The lowest BCUT2D eigenvalue weighted by Crippen LogP contribution is -2.18. The first-order chi connectivity index (χ1) is 5.88. The summed E-state index contributed by atoms with van der Waals surface area (Å²) in [5.41, 5.74) is 1.27. The Morgan fingerprint density at radius 2 is 2.50 bits per heavy atom. The molecule has 0 aliphatic carbocycles. The van der Waals surface area contributed by atoms with Gasteiger partial charge in [-0.05, 0) is 18.7 Å². The molecule has 0 saturated heterocycles. The van der Waals surface area contributed by atoms with Crippen LogP contribution in [0, 0.1) is 0 Å². The van der Waals surface area contributed by atoms with Gasteiger partial charge in [0.2, 0.25) is 0 Å². The molecule has 1 atom stereocenters. The molecular formula is C10H12N2. The minimum absolute atomic E-state index is 0.429. The minimum atomic E-state index is 0.429. The fraction of sp³-hybridized carbons (Fsp3) is 0.300. The van der Waals surface area contributed by atoms with E-state index in [0.29, 0.717) is 6.04 Å². The van der Waals surface area contributed by atoms with Crippen LogP contribution in [0.3, 0.4) is 0 Å². The highest BCUT2D eigenvalue weighted by Gasteiger charge is 2.16. The van der Waals surface area contributed by atoms with E-state index in [4.69, 9.17) is 0 Å². The van der Waals surface area contributed by atoms with Gasteiger partial charge in [-0.2, -0.15) is 0 Å². The molecule has 0 radical (unpaired) electrons. The molecule has 0 spiro atoms. The molecule has 0 N–H and O–H groups in total. The van der Waals surface area contributed by atoms with Gasteiger partial charge in [-0.3, -0.25) is 9.88 Å². The summed E-state index contributed by atoms with van der Waals surface area (Å²) in [5, 5.41) is 0. The Balaban J connectivity index is 2.25. The highest BCUT2D eigenvalue weighted by atomic mass is 15.1. The van der Waals surface area contributed by atoms with E-state index in [1.165, 1.54) is 5.56 Å². The van der Waals surface area contributed by atoms with Crippen LogP contribution in [-0.2, 0) is 0 Å². The molecule has 1 aromatic rings. The number of likely N-dealkylation sites (N-methyl/N-ethyl adjacent to an activating group) is 1. The predicted octanol–water partition coefficient (Wildman–Crippen LogP) is 1.62. The topological polar surface area (TPSA) is 16.1 Å². The highest BCUT2D eigenvalue weighted by Crippen LogP contribution is 2.23. The lowest BCUT2D eigenvalue weighted by molar-refractivity contribution is 0.339. The van der Waals surface area contributed by atoms with E-state index < -0.39 is 0 Å². The van der Waals surface area contributed by atoms with Crippen LogP contribution < -0.4 is 0 Å². The van der Waals surface area contributed by atoms with Gasteiger partial charge in [0, 0.05) is 18.9 Å². The summed E-state index contributed by atoms with van der Waals surface area (Å²) < 4.78 is 0. The monoisotopic (exact) mass is 160 g/mol. The van der Waals surface area contributed by atoms with Crippen molar-refractivity contribution in [2.24, 2.45) is 0 Å². The second-order valence-electron chi connectivity index (χ2n) is 3.10. The van der Waals surface area contributed by atoms with Gasteiger partial charge in [0.25, 0.3) is 0 Å². The van der Waals surface area contributed by atoms with Gasteiger partial charge < -0.3 is 0 Å². The number of hydrogen-bond acceptors (Lipinski definition) is 2. The first-order valence-electron chi connectivity index (χ1n) is 4.15. The van der Waals surface area contributed by atoms with Crippen molar-refractivity contribution < 1.29 is 0 Å². The molecule has 0 aromatic carbocycles. The largest absolute Gasteiger partial charge is 0.292 e. The maximum atomic E-state index is 4.10. The van der Waals surface area contributed by atoms with E-state index in [2.05, 4.69) is 35.1 Å². The van der Waals surface area contributed by atoms with Gasteiger partial charge in [-0.15, -0.1) is 0 Å². The molecule has 62 valence electrons. The normalized spacial score (nSPS) is 23.2. The quantitative estimate of drug-likeness (QED) is 0.580. The SMILES string of the molecule is CN1CC=C[C@H]1c1cccnc1. The smallest absolute Gasteiger partial charge is 0.0547 e. The van der Waals surface area contributed by atoms with Crippen molar-refractivity contribution in [1.29, 1.82) is 0 Å². The molecule has 2 heterocycles. The summed E-state index contributed by atoms with van der Waals surface area (Å²) in [5.74, 6) is 0.